The van der Waals surface area contributed by atoms with E-state index in [9.17, 15) is 4.79 Å². The first-order valence-electron chi connectivity index (χ1n) is 6.88. The number of nitrogens with one attached hydrogen (secondary N) is 1. The van der Waals surface area contributed by atoms with Gasteiger partial charge in [0, 0.05) is 6.21 Å². The van der Waals surface area contributed by atoms with Gasteiger partial charge in [-0.3, -0.25) is 4.79 Å². The summed E-state index contributed by atoms with van der Waals surface area (Å²) in [6.45, 7) is 0. The minimum absolute atomic E-state index is 0.0993. The number of hydrogen-bond acceptors (Lipinski definition) is 3. The van der Waals surface area contributed by atoms with Crippen molar-refractivity contribution in [3.8, 4) is 5.75 Å². The summed E-state index contributed by atoms with van der Waals surface area (Å²) in [5.41, 5.74) is 3.53. The molecule has 4 nitrogen and oxygen atoms in total. The summed E-state index contributed by atoms with van der Waals surface area (Å²) in [5, 5.41) is 4.04. The van der Waals surface area contributed by atoms with E-state index in [0.29, 0.717) is 12.3 Å². The Hall–Kier alpha value is -2.10. The Bertz CT molecular complexity index is 492. The number of ether oxygens (including phenoxy) is 1. The van der Waals surface area contributed by atoms with Crippen LogP contribution in [0.5, 0.6) is 5.75 Å². The van der Waals surface area contributed by atoms with E-state index in [-0.39, 0.29) is 5.91 Å². The van der Waals surface area contributed by atoms with Gasteiger partial charge in [-0.1, -0.05) is 24.3 Å². The van der Waals surface area contributed by atoms with Crippen LogP contribution in [0.2, 0.25) is 0 Å². The maximum absolute atomic E-state index is 11.7. The first-order chi connectivity index (χ1) is 9.78. The molecular weight excluding hydrogens is 252 g/mol. The molecule has 0 spiro atoms. The molecule has 0 aliphatic heterocycles. The van der Waals surface area contributed by atoms with E-state index in [1.807, 2.05) is 30.5 Å². The minimum Gasteiger partial charge on any atom is -0.497 e. The zero-order chi connectivity index (χ0) is 14.2. The van der Waals surface area contributed by atoms with E-state index in [1.54, 1.807) is 7.11 Å². The van der Waals surface area contributed by atoms with Crippen LogP contribution < -0.4 is 10.2 Å². The van der Waals surface area contributed by atoms with Crippen LogP contribution in [0.4, 0.5) is 0 Å². The lowest BCUT2D eigenvalue weighted by Gasteiger charge is -2.11. The third-order valence-corrected chi connectivity index (χ3v) is 3.31. The molecule has 1 aliphatic carbocycles. The van der Waals surface area contributed by atoms with Gasteiger partial charge in [-0.2, -0.15) is 5.10 Å². The molecule has 1 N–H and O–H groups in total. The molecule has 1 atom stereocenters. The quantitative estimate of drug-likeness (QED) is 0.509. The molecular formula is C16H20N2O2. The Balaban J connectivity index is 1.76. The first-order valence-corrected chi connectivity index (χ1v) is 6.88. The van der Waals surface area contributed by atoms with Gasteiger partial charge < -0.3 is 4.74 Å². The van der Waals surface area contributed by atoms with Gasteiger partial charge in [0.1, 0.15) is 5.75 Å². The molecule has 1 amide bonds. The minimum atomic E-state index is -0.0993. The largest absolute Gasteiger partial charge is 0.497 e. The molecule has 0 saturated carbocycles. The molecule has 1 unspecified atom stereocenters. The van der Waals surface area contributed by atoms with Crippen molar-refractivity contribution in [2.24, 2.45) is 11.0 Å². The predicted molar refractivity (Wildman–Crippen MR) is 79.8 cm³/mol. The summed E-state index contributed by atoms with van der Waals surface area (Å²) in [4.78, 5) is 11.7. The predicted octanol–water partition coefficient (Wildman–Crippen LogP) is 2.70. The van der Waals surface area contributed by atoms with Crippen molar-refractivity contribution in [1.29, 1.82) is 0 Å². The number of benzene rings is 1. The van der Waals surface area contributed by atoms with Crippen molar-refractivity contribution in [3.63, 3.8) is 0 Å². The zero-order valence-electron chi connectivity index (χ0n) is 11.7. The number of hydrazone groups is 1. The molecule has 20 heavy (non-hydrogen) atoms. The van der Waals surface area contributed by atoms with E-state index < -0.39 is 0 Å². The molecule has 0 radical (unpaired) electrons. The molecule has 1 aromatic carbocycles. The zero-order valence-corrected chi connectivity index (χ0v) is 11.7. The Morgan fingerprint density at radius 3 is 2.85 bits per heavy atom. The van der Waals surface area contributed by atoms with E-state index >= 15 is 0 Å². The van der Waals surface area contributed by atoms with E-state index in [0.717, 1.165) is 30.6 Å². The SMILES string of the molecule is COc1ccc(CC(=O)N/N=C/C2CC=CCC2)cc1. The highest BCUT2D eigenvalue weighted by Crippen LogP contribution is 2.15. The van der Waals surface area contributed by atoms with Crippen LogP contribution in [0, 0.1) is 5.92 Å². The van der Waals surface area contributed by atoms with Crippen LogP contribution in [0.1, 0.15) is 24.8 Å². The molecule has 106 valence electrons. The number of amides is 1. The molecule has 0 bridgehead atoms. The number of hydrogen-bond donors (Lipinski definition) is 1. The number of methoxy groups -OCH3 is 1. The molecule has 1 aliphatic rings. The lowest BCUT2D eigenvalue weighted by Crippen LogP contribution is -2.20. The summed E-state index contributed by atoms with van der Waals surface area (Å²) >= 11 is 0. The average molecular weight is 272 g/mol. The Morgan fingerprint density at radius 2 is 2.20 bits per heavy atom. The topological polar surface area (TPSA) is 50.7 Å². The third-order valence-electron chi connectivity index (χ3n) is 3.31. The van der Waals surface area contributed by atoms with Gasteiger partial charge in [-0.15, -0.1) is 0 Å². The summed E-state index contributed by atoms with van der Waals surface area (Å²) in [6.07, 6.45) is 9.73. The lowest BCUT2D eigenvalue weighted by atomic mass is 9.96. The smallest absolute Gasteiger partial charge is 0.244 e. The van der Waals surface area contributed by atoms with Gasteiger partial charge in [0.25, 0.3) is 0 Å². The van der Waals surface area contributed by atoms with Crippen molar-refractivity contribution < 1.29 is 9.53 Å². The number of nitrogens with zero attached hydrogens (tertiary/aromatic N) is 1. The molecule has 0 heterocycles. The van der Waals surface area contributed by atoms with Gasteiger partial charge in [0.05, 0.1) is 13.5 Å². The van der Waals surface area contributed by atoms with Crippen LogP contribution >= 0.6 is 0 Å². The fraction of sp³-hybridized carbons (Fsp3) is 0.375. The maximum atomic E-state index is 11.7. The highest BCUT2D eigenvalue weighted by atomic mass is 16.5. The molecule has 0 aromatic heterocycles. The maximum Gasteiger partial charge on any atom is 0.244 e. The van der Waals surface area contributed by atoms with Gasteiger partial charge in [-0.25, -0.2) is 5.43 Å². The highest BCUT2D eigenvalue weighted by Gasteiger charge is 2.07. The molecule has 4 heteroatoms. The van der Waals surface area contributed by atoms with Crippen molar-refractivity contribution >= 4 is 12.1 Å². The summed E-state index contributed by atoms with van der Waals surface area (Å²) in [5.74, 6) is 1.14. The first kappa shape index (κ1) is 14.3. The summed E-state index contributed by atoms with van der Waals surface area (Å²) in [6, 6.07) is 7.46. The van der Waals surface area contributed by atoms with E-state index in [4.69, 9.17) is 4.74 Å². The standard InChI is InChI=1S/C16H20N2O2/c1-20-15-9-7-13(8-10-15)11-16(19)18-17-12-14-5-3-2-4-6-14/h2-3,7-10,12,14H,4-6,11H2,1H3,(H,18,19)/b17-12+. The Kier molecular flexibility index (Phi) is 5.35. The normalized spacial score (nSPS) is 18.1. The van der Waals surface area contributed by atoms with Gasteiger partial charge in [0.2, 0.25) is 5.91 Å². The van der Waals surface area contributed by atoms with Crippen molar-refractivity contribution in [3.05, 3.63) is 42.0 Å². The van der Waals surface area contributed by atoms with Crippen LogP contribution in [0.15, 0.2) is 41.5 Å². The second-order valence-electron chi connectivity index (χ2n) is 4.88. The summed E-state index contributed by atoms with van der Waals surface area (Å²) < 4.78 is 5.08. The van der Waals surface area contributed by atoms with Crippen molar-refractivity contribution in [2.45, 2.75) is 25.7 Å². The summed E-state index contributed by atoms with van der Waals surface area (Å²) in [7, 11) is 1.62. The van der Waals surface area contributed by atoms with Gasteiger partial charge in [-0.05, 0) is 42.9 Å². The fourth-order valence-electron chi connectivity index (χ4n) is 2.14. The van der Waals surface area contributed by atoms with Crippen LogP contribution in [-0.4, -0.2) is 19.2 Å². The molecule has 0 fully saturated rings. The number of rotatable bonds is 5. The molecule has 1 aromatic rings. The van der Waals surface area contributed by atoms with E-state index in [2.05, 4.69) is 22.7 Å². The second kappa shape index (κ2) is 7.48. The Morgan fingerprint density at radius 1 is 1.40 bits per heavy atom. The lowest BCUT2D eigenvalue weighted by molar-refractivity contribution is -0.120. The number of carbonyl (C=O) groups is 1. The van der Waals surface area contributed by atoms with Crippen molar-refractivity contribution in [2.75, 3.05) is 7.11 Å². The third kappa shape index (κ3) is 4.53. The van der Waals surface area contributed by atoms with Gasteiger partial charge in [0.15, 0.2) is 0 Å². The number of carbonyl (C=O) groups excluding carboxylic acids is 1. The van der Waals surface area contributed by atoms with Gasteiger partial charge >= 0.3 is 0 Å². The van der Waals surface area contributed by atoms with Crippen molar-refractivity contribution in [1.82, 2.24) is 5.43 Å². The second-order valence-corrected chi connectivity index (χ2v) is 4.88. The van der Waals surface area contributed by atoms with Crippen LogP contribution in [0.25, 0.3) is 0 Å². The monoisotopic (exact) mass is 272 g/mol. The number of allylic oxidation sites excluding steroid dienone is 2. The highest BCUT2D eigenvalue weighted by molar-refractivity contribution is 5.79. The Labute approximate surface area is 119 Å². The molecule has 0 saturated heterocycles. The van der Waals surface area contributed by atoms with Crippen LogP contribution in [-0.2, 0) is 11.2 Å². The molecule has 2 rings (SSSR count). The van der Waals surface area contributed by atoms with E-state index in [1.165, 1.54) is 0 Å². The fourth-order valence-corrected chi connectivity index (χ4v) is 2.14. The van der Waals surface area contributed by atoms with Crippen LogP contribution in [0.3, 0.4) is 0 Å². The average Bonchev–Trinajstić information content (AvgIpc) is 2.49.